The Balaban J connectivity index is 1.49. The molecule has 2 aromatic carbocycles. The van der Waals surface area contributed by atoms with Gasteiger partial charge in [-0.25, -0.2) is 0 Å². The van der Waals surface area contributed by atoms with Gasteiger partial charge in [0, 0.05) is 13.1 Å². The van der Waals surface area contributed by atoms with E-state index in [0.29, 0.717) is 11.0 Å². The van der Waals surface area contributed by atoms with Crippen molar-refractivity contribution in [1.29, 1.82) is 0 Å². The number of anilines is 1. The topological polar surface area (TPSA) is 141 Å². The highest BCUT2D eigenvalue weighted by atomic mass is 32.2. The van der Waals surface area contributed by atoms with E-state index < -0.39 is 10.8 Å². The predicted molar refractivity (Wildman–Crippen MR) is 122 cm³/mol. The highest BCUT2D eigenvalue weighted by molar-refractivity contribution is 7.99. The van der Waals surface area contributed by atoms with Gasteiger partial charge in [-0.15, -0.1) is 10.2 Å². The smallest absolute Gasteiger partial charge is 0.292 e. The fraction of sp³-hybridized carbons (Fsp3) is 0.238. The van der Waals surface area contributed by atoms with E-state index in [4.69, 9.17) is 4.74 Å². The second kappa shape index (κ2) is 11.1. The van der Waals surface area contributed by atoms with Gasteiger partial charge in [0.1, 0.15) is 11.4 Å². The van der Waals surface area contributed by atoms with Crippen molar-refractivity contribution < 1.29 is 19.2 Å². The van der Waals surface area contributed by atoms with E-state index in [-0.39, 0.29) is 36.0 Å². The number of para-hydroxylation sites is 2. The van der Waals surface area contributed by atoms with E-state index in [9.17, 15) is 19.7 Å². The zero-order valence-corrected chi connectivity index (χ0v) is 18.8. The summed E-state index contributed by atoms with van der Waals surface area (Å²) < 4.78 is 6.78. The molecule has 12 heteroatoms. The van der Waals surface area contributed by atoms with Crippen LogP contribution >= 0.6 is 11.8 Å². The van der Waals surface area contributed by atoms with Gasteiger partial charge in [0.15, 0.2) is 11.0 Å². The summed E-state index contributed by atoms with van der Waals surface area (Å²) in [7, 11) is 3.31. The Morgan fingerprint density at radius 1 is 1.12 bits per heavy atom. The van der Waals surface area contributed by atoms with Crippen LogP contribution in [-0.2, 0) is 29.6 Å². The van der Waals surface area contributed by atoms with Crippen LogP contribution in [0, 0.1) is 10.1 Å². The van der Waals surface area contributed by atoms with Gasteiger partial charge in [-0.3, -0.25) is 19.7 Å². The Morgan fingerprint density at radius 3 is 2.55 bits per heavy atom. The molecule has 0 unspecified atom stereocenters. The molecule has 0 saturated heterocycles. The standard InChI is InChI=1S/C21H22N6O5S/c1-26-18(12-22-19(28)11-14-7-9-15(32-2)10-8-14)24-25-21(26)33-13-20(29)23-16-5-3-4-6-17(16)27(30)31/h3-10H,11-13H2,1-2H3,(H,22,28)(H,23,29). The second-order valence-electron chi connectivity index (χ2n) is 6.87. The number of hydrogen-bond donors (Lipinski definition) is 2. The molecule has 0 atom stereocenters. The summed E-state index contributed by atoms with van der Waals surface area (Å²) in [6.45, 7) is 0.182. The number of ether oxygens (including phenoxy) is 1. The Hall–Kier alpha value is -3.93. The van der Waals surface area contributed by atoms with Crippen molar-refractivity contribution in [3.8, 4) is 5.75 Å². The lowest BCUT2D eigenvalue weighted by atomic mass is 10.1. The van der Waals surface area contributed by atoms with E-state index in [0.717, 1.165) is 23.1 Å². The highest BCUT2D eigenvalue weighted by Crippen LogP contribution is 2.24. The maximum Gasteiger partial charge on any atom is 0.292 e. The Morgan fingerprint density at radius 2 is 1.85 bits per heavy atom. The van der Waals surface area contributed by atoms with Crippen LogP contribution in [0.4, 0.5) is 11.4 Å². The Bertz CT molecular complexity index is 1150. The van der Waals surface area contributed by atoms with Crippen molar-refractivity contribution >= 4 is 35.0 Å². The molecular weight excluding hydrogens is 448 g/mol. The minimum Gasteiger partial charge on any atom is -0.497 e. The summed E-state index contributed by atoms with van der Waals surface area (Å²) in [5.41, 5.74) is 0.806. The number of rotatable bonds is 10. The molecule has 0 fully saturated rings. The van der Waals surface area contributed by atoms with Gasteiger partial charge in [0.2, 0.25) is 11.8 Å². The lowest BCUT2D eigenvalue weighted by molar-refractivity contribution is -0.383. The van der Waals surface area contributed by atoms with Crippen molar-refractivity contribution in [1.82, 2.24) is 20.1 Å². The van der Waals surface area contributed by atoms with Gasteiger partial charge in [-0.05, 0) is 23.8 Å². The number of nitro groups is 1. The maximum absolute atomic E-state index is 12.2. The van der Waals surface area contributed by atoms with Crippen LogP contribution in [0.25, 0.3) is 0 Å². The van der Waals surface area contributed by atoms with Crippen molar-refractivity contribution in [2.75, 3.05) is 18.2 Å². The van der Waals surface area contributed by atoms with E-state index in [1.54, 1.807) is 36.9 Å². The number of benzene rings is 2. The van der Waals surface area contributed by atoms with Gasteiger partial charge in [-0.1, -0.05) is 36.0 Å². The summed E-state index contributed by atoms with van der Waals surface area (Å²) in [6.07, 6.45) is 0.218. The third-order valence-electron chi connectivity index (χ3n) is 4.60. The molecule has 1 heterocycles. The van der Waals surface area contributed by atoms with Crippen LogP contribution in [0.3, 0.4) is 0 Å². The maximum atomic E-state index is 12.2. The summed E-state index contributed by atoms with van der Waals surface area (Å²) in [4.78, 5) is 35.0. The molecule has 0 bridgehead atoms. The molecule has 33 heavy (non-hydrogen) atoms. The first kappa shape index (κ1) is 23.7. The number of nitrogens with zero attached hydrogens (tertiary/aromatic N) is 4. The fourth-order valence-corrected chi connectivity index (χ4v) is 3.58. The van der Waals surface area contributed by atoms with Crippen molar-refractivity contribution in [3.05, 3.63) is 70.0 Å². The molecule has 0 aliphatic heterocycles. The number of hydrogen-bond acceptors (Lipinski definition) is 8. The fourth-order valence-electron chi connectivity index (χ4n) is 2.85. The molecule has 2 amide bonds. The lowest BCUT2D eigenvalue weighted by Gasteiger charge is -2.07. The Labute approximate surface area is 193 Å². The molecule has 0 spiro atoms. The zero-order chi connectivity index (χ0) is 23.8. The van der Waals surface area contributed by atoms with Crippen molar-refractivity contribution in [3.63, 3.8) is 0 Å². The molecular formula is C21H22N6O5S. The average Bonchev–Trinajstić information content (AvgIpc) is 3.16. The van der Waals surface area contributed by atoms with E-state index in [1.807, 2.05) is 12.1 Å². The number of aromatic nitrogens is 3. The first-order valence-electron chi connectivity index (χ1n) is 9.81. The van der Waals surface area contributed by atoms with E-state index in [2.05, 4.69) is 20.8 Å². The van der Waals surface area contributed by atoms with Gasteiger partial charge in [-0.2, -0.15) is 0 Å². The van der Waals surface area contributed by atoms with Crippen molar-refractivity contribution in [2.24, 2.45) is 7.05 Å². The first-order valence-corrected chi connectivity index (χ1v) is 10.8. The van der Waals surface area contributed by atoms with Crippen LogP contribution in [-0.4, -0.2) is 44.4 Å². The molecule has 11 nitrogen and oxygen atoms in total. The molecule has 0 saturated carbocycles. The number of carbonyl (C=O) groups excluding carboxylic acids is 2. The second-order valence-corrected chi connectivity index (χ2v) is 7.81. The predicted octanol–water partition coefficient (Wildman–Crippen LogP) is 2.32. The van der Waals surface area contributed by atoms with E-state index >= 15 is 0 Å². The summed E-state index contributed by atoms with van der Waals surface area (Å²) in [5.74, 6) is 0.661. The van der Waals surface area contributed by atoms with Gasteiger partial charge in [0.25, 0.3) is 5.69 Å². The molecule has 0 aliphatic carbocycles. The molecule has 1 aromatic heterocycles. The largest absolute Gasteiger partial charge is 0.497 e. The molecule has 3 aromatic rings. The van der Waals surface area contributed by atoms with Crippen LogP contribution in [0.5, 0.6) is 5.75 Å². The van der Waals surface area contributed by atoms with Gasteiger partial charge < -0.3 is 19.9 Å². The van der Waals surface area contributed by atoms with Crippen molar-refractivity contribution in [2.45, 2.75) is 18.1 Å². The number of carbonyl (C=O) groups is 2. The molecule has 172 valence electrons. The summed E-state index contributed by atoms with van der Waals surface area (Å²) in [5, 5.41) is 25.0. The molecule has 0 radical (unpaired) electrons. The molecule has 3 rings (SSSR count). The number of nitrogens with one attached hydrogen (secondary N) is 2. The minimum absolute atomic E-state index is 0.0121. The van der Waals surface area contributed by atoms with Crippen LogP contribution in [0.1, 0.15) is 11.4 Å². The normalized spacial score (nSPS) is 10.5. The lowest BCUT2D eigenvalue weighted by Crippen LogP contribution is -2.26. The molecule has 0 aliphatic rings. The summed E-state index contributed by atoms with van der Waals surface area (Å²) >= 11 is 1.13. The zero-order valence-electron chi connectivity index (χ0n) is 18.0. The third kappa shape index (κ3) is 6.53. The highest BCUT2D eigenvalue weighted by Gasteiger charge is 2.16. The van der Waals surface area contributed by atoms with Gasteiger partial charge >= 0.3 is 0 Å². The van der Waals surface area contributed by atoms with Gasteiger partial charge in [0.05, 0.1) is 30.8 Å². The Kier molecular flexibility index (Phi) is 7.97. The average molecular weight is 471 g/mol. The number of methoxy groups -OCH3 is 1. The minimum atomic E-state index is -0.555. The number of amides is 2. The molecule has 2 N–H and O–H groups in total. The third-order valence-corrected chi connectivity index (χ3v) is 5.62. The van der Waals surface area contributed by atoms with Crippen LogP contribution in [0.15, 0.2) is 53.7 Å². The van der Waals surface area contributed by atoms with E-state index in [1.165, 1.54) is 18.2 Å². The first-order chi connectivity index (χ1) is 15.9. The number of thioether (sulfide) groups is 1. The summed E-state index contributed by atoms with van der Waals surface area (Å²) in [6, 6.07) is 13.2. The monoisotopic (exact) mass is 470 g/mol. The number of nitro benzene ring substituents is 1. The quantitative estimate of drug-likeness (QED) is 0.261. The SMILES string of the molecule is COc1ccc(CC(=O)NCc2nnc(SCC(=O)Nc3ccccc3[N+](=O)[O-])n2C)cc1. The van der Waals surface area contributed by atoms with Crippen LogP contribution < -0.4 is 15.4 Å². The van der Waals surface area contributed by atoms with Crippen LogP contribution in [0.2, 0.25) is 0 Å².